The van der Waals surface area contributed by atoms with Gasteiger partial charge in [0.05, 0.1) is 4.90 Å². The van der Waals surface area contributed by atoms with Crippen molar-refractivity contribution in [2.45, 2.75) is 30.8 Å². The van der Waals surface area contributed by atoms with E-state index in [9.17, 15) is 13.2 Å². The Morgan fingerprint density at radius 2 is 1.50 bits per heavy atom. The molecule has 136 valence electrons. The van der Waals surface area contributed by atoms with E-state index in [2.05, 4.69) is 0 Å². The molecule has 2 aromatic carbocycles. The summed E-state index contributed by atoms with van der Waals surface area (Å²) in [5.74, 6) is -0.355. The Morgan fingerprint density at radius 1 is 1.00 bits per heavy atom. The van der Waals surface area contributed by atoms with Gasteiger partial charge in [-0.05, 0) is 54.8 Å². The van der Waals surface area contributed by atoms with Crippen LogP contribution in [-0.4, -0.2) is 26.2 Å². The summed E-state index contributed by atoms with van der Waals surface area (Å²) in [6.45, 7) is 3.73. The molecule has 1 aliphatic heterocycles. The number of halogens is 1. The standard InChI is InChI=1S/C20H19ClO4S/c1-20(2)12-17(19(22)25-20)18(13-4-8-15(21)9-5-13)14-6-10-16(11-7-14)26(3,23)24/h4-11H,12H2,1-3H3/b18-17+. The van der Waals surface area contributed by atoms with E-state index in [1.54, 1.807) is 36.4 Å². The lowest BCUT2D eigenvalue weighted by Gasteiger charge is -2.14. The lowest BCUT2D eigenvalue weighted by Crippen LogP contribution is -2.17. The highest BCUT2D eigenvalue weighted by Crippen LogP contribution is 2.38. The average Bonchev–Trinajstić information content (AvgIpc) is 2.82. The van der Waals surface area contributed by atoms with Gasteiger partial charge in [-0.3, -0.25) is 0 Å². The summed E-state index contributed by atoms with van der Waals surface area (Å²) in [7, 11) is -3.29. The number of cyclic esters (lactones) is 1. The molecule has 0 atom stereocenters. The Morgan fingerprint density at radius 3 is 1.92 bits per heavy atom. The summed E-state index contributed by atoms with van der Waals surface area (Å²) in [6.07, 6.45) is 1.63. The smallest absolute Gasteiger partial charge is 0.335 e. The van der Waals surface area contributed by atoms with Crippen molar-refractivity contribution in [1.29, 1.82) is 0 Å². The molecule has 0 radical (unpaired) electrons. The fourth-order valence-corrected chi connectivity index (χ4v) is 3.79. The molecular weight excluding hydrogens is 372 g/mol. The molecule has 0 N–H and O–H groups in total. The number of hydrogen-bond acceptors (Lipinski definition) is 4. The minimum Gasteiger partial charge on any atom is -0.456 e. The fraction of sp³-hybridized carbons (Fsp3) is 0.250. The van der Waals surface area contributed by atoms with Crippen molar-refractivity contribution in [2.24, 2.45) is 0 Å². The monoisotopic (exact) mass is 390 g/mol. The Balaban J connectivity index is 2.19. The van der Waals surface area contributed by atoms with Crippen LogP contribution < -0.4 is 0 Å². The number of sulfone groups is 1. The first kappa shape index (κ1) is 18.7. The third-order valence-electron chi connectivity index (χ3n) is 4.22. The van der Waals surface area contributed by atoms with E-state index in [0.29, 0.717) is 17.0 Å². The first-order valence-electron chi connectivity index (χ1n) is 8.10. The molecule has 3 rings (SSSR count). The minimum atomic E-state index is -3.29. The molecule has 0 aromatic heterocycles. The SMILES string of the molecule is CC1(C)C/C(=C(/c2ccc(Cl)cc2)c2ccc(S(C)(=O)=O)cc2)C(=O)O1. The summed E-state index contributed by atoms with van der Waals surface area (Å²) in [5, 5.41) is 0.597. The van der Waals surface area contributed by atoms with Gasteiger partial charge in [0, 0.05) is 23.3 Å². The van der Waals surface area contributed by atoms with Crippen LogP contribution in [0.5, 0.6) is 0 Å². The third kappa shape index (κ3) is 3.84. The quantitative estimate of drug-likeness (QED) is 0.580. The first-order chi connectivity index (χ1) is 12.1. The largest absolute Gasteiger partial charge is 0.456 e. The molecule has 6 heteroatoms. The van der Waals surface area contributed by atoms with Gasteiger partial charge in [0.15, 0.2) is 9.84 Å². The maximum Gasteiger partial charge on any atom is 0.335 e. The molecule has 1 heterocycles. The van der Waals surface area contributed by atoms with Crippen molar-refractivity contribution in [2.75, 3.05) is 6.26 Å². The topological polar surface area (TPSA) is 60.4 Å². The maximum atomic E-state index is 12.5. The number of hydrogen-bond donors (Lipinski definition) is 0. The Kier molecular flexibility index (Phi) is 4.71. The fourth-order valence-electron chi connectivity index (χ4n) is 3.04. The Bertz CT molecular complexity index is 985. The van der Waals surface area contributed by atoms with Gasteiger partial charge in [0.1, 0.15) is 5.60 Å². The summed E-state index contributed by atoms with van der Waals surface area (Å²) < 4.78 is 28.9. The molecular formula is C20H19ClO4S. The number of carbonyl (C=O) groups excluding carboxylic acids is 1. The van der Waals surface area contributed by atoms with Crippen LogP contribution >= 0.6 is 11.6 Å². The molecule has 1 saturated heterocycles. The number of esters is 1. The first-order valence-corrected chi connectivity index (χ1v) is 10.4. The molecule has 1 fully saturated rings. The molecule has 0 saturated carbocycles. The van der Waals surface area contributed by atoms with Crippen molar-refractivity contribution in [3.63, 3.8) is 0 Å². The Hall–Kier alpha value is -2.11. The third-order valence-corrected chi connectivity index (χ3v) is 5.60. The summed E-state index contributed by atoms with van der Waals surface area (Å²) >= 11 is 5.99. The van der Waals surface area contributed by atoms with Crippen LogP contribution in [0.25, 0.3) is 5.57 Å². The maximum absolute atomic E-state index is 12.5. The van der Waals surface area contributed by atoms with E-state index in [1.807, 2.05) is 26.0 Å². The van der Waals surface area contributed by atoms with E-state index in [4.69, 9.17) is 16.3 Å². The van der Waals surface area contributed by atoms with Gasteiger partial charge < -0.3 is 4.74 Å². The van der Waals surface area contributed by atoms with Crippen LogP contribution in [0.2, 0.25) is 5.02 Å². The molecule has 0 bridgehead atoms. The van der Waals surface area contributed by atoms with Crippen LogP contribution in [0.4, 0.5) is 0 Å². The zero-order valence-corrected chi connectivity index (χ0v) is 16.3. The second-order valence-corrected chi connectivity index (χ2v) is 9.44. The van der Waals surface area contributed by atoms with E-state index in [1.165, 1.54) is 0 Å². The summed E-state index contributed by atoms with van der Waals surface area (Å²) in [5.41, 5.74) is 2.31. The minimum absolute atomic E-state index is 0.232. The zero-order valence-electron chi connectivity index (χ0n) is 14.7. The van der Waals surface area contributed by atoms with Crippen molar-refractivity contribution >= 4 is 33.0 Å². The van der Waals surface area contributed by atoms with Crippen molar-refractivity contribution in [1.82, 2.24) is 0 Å². The van der Waals surface area contributed by atoms with Gasteiger partial charge in [-0.25, -0.2) is 13.2 Å². The molecule has 0 aliphatic carbocycles. The molecule has 4 nitrogen and oxygen atoms in total. The molecule has 0 amide bonds. The molecule has 2 aromatic rings. The number of rotatable bonds is 3. The second-order valence-electron chi connectivity index (χ2n) is 6.98. The van der Waals surface area contributed by atoms with E-state index >= 15 is 0 Å². The second kappa shape index (κ2) is 6.56. The highest BCUT2D eigenvalue weighted by Gasteiger charge is 2.37. The number of benzene rings is 2. The van der Waals surface area contributed by atoms with Gasteiger partial charge in [0.25, 0.3) is 0 Å². The molecule has 26 heavy (non-hydrogen) atoms. The van der Waals surface area contributed by atoms with Gasteiger partial charge in [-0.1, -0.05) is 35.9 Å². The van der Waals surface area contributed by atoms with Gasteiger partial charge >= 0.3 is 5.97 Å². The predicted molar refractivity (Wildman–Crippen MR) is 102 cm³/mol. The van der Waals surface area contributed by atoms with E-state index < -0.39 is 15.4 Å². The normalized spacial score (nSPS) is 18.5. The summed E-state index contributed by atoms with van der Waals surface area (Å²) in [4.78, 5) is 12.7. The van der Waals surface area contributed by atoms with Crippen LogP contribution in [0.15, 0.2) is 59.0 Å². The summed E-state index contributed by atoms with van der Waals surface area (Å²) in [6, 6.07) is 13.7. The molecule has 1 aliphatic rings. The van der Waals surface area contributed by atoms with Crippen LogP contribution in [-0.2, 0) is 19.4 Å². The van der Waals surface area contributed by atoms with Crippen LogP contribution in [0.3, 0.4) is 0 Å². The number of carbonyl (C=O) groups is 1. The number of ether oxygens (including phenoxy) is 1. The zero-order chi connectivity index (χ0) is 19.1. The molecule has 0 unspecified atom stereocenters. The van der Waals surface area contributed by atoms with Gasteiger partial charge in [-0.15, -0.1) is 0 Å². The van der Waals surface area contributed by atoms with Gasteiger partial charge in [-0.2, -0.15) is 0 Å². The van der Waals surface area contributed by atoms with Gasteiger partial charge in [0.2, 0.25) is 0 Å². The highest BCUT2D eigenvalue weighted by molar-refractivity contribution is 7.90. The van der Waals surface area contributed by atoms with Crippen molar-refractivity contribution < 1.29 is 17.9 Å². The van der Waals surface area contributed by atoms with Crippen molar-refractivity contribution in [3.05, 3.63) is 70.3 Å². The average molecular weight is 391 g/mol. The molecule has 0 spiro atoms. The van der Waals surface area contributed by atoms with Crippen LogP contribution in [0.1, 0.15) is 31.4 Å². The highest BCUT2D eigenvalue weighted by atomic mass is 35.5. The lowest BCUT2D eigenvalue weighted by molar-refractivity contribution is -0.143. The van der Waals surface area contributed by atoms with E-state index in [0.717, 1.165) is 23.0 Å². The Labute approximate surface area is 158 Å². The lowest BCUT2D eigenvalue weighted by atomic mass is 9.89. The van der Waals surface area contributed by atoms with Crippen molar-refractivity contribution in [3.8, 4) is 0 Å². The van der Waals surface area contributed by atoms with E-state index in [-0.39, 0.29) is 10.9 Å². The predicted octanol–water partition coefficient (Wildman–Crippen LogP) is 4.27. The van der Waals surface area contributed by atoms with Crippen LogP contribution in [0, 0.1) is 0 Å².